The largest absolute Gasteiger partial charge is 0.452 e. The molecule has 0 unspecified atom stereocenters. The first kappa shape index (κ1) is 19.9. The summed E-state index contributed by atoms with van der Waals surface area (Å²) in [5, 5.41) is 6.13. The molecule has 1 N–H and O–H groups in total. The van der Waals surface area contributed by atoms with Gasteiger partial charge in [0.25, 0.3) is 5.91 Å². The third kappa shape index (κ3) is 5.80. The second-order valence-corrected chi connectivity index (χ2v) is 5.11. The van der Waals surface area contributed by atoms with Crippen LogP contribution < -0.4 is 5.32 Å². The minimum Gasteiger partial charge on any atom is -0.452 e. The van der Waals surface area contributed by atoms with Crippen LogP contribution in [0.25, 0.3) is 5.69 Å². The Hall–Kier alpha value is -3.43. The highest BCUT2D eigenvalue weighted by atomic mass is 19.4. The van der Waals surface area contributed by atoms with E-state index in [1.54, 1.807) is 19.1 Å². The van der Waals surface area contributed by atoms with Crippen molar-refractivity contribution in [1.82, 2.24) is 14.8 Å². The first-order valence-electron chi connectivity index (χ1n) is 7.63. The van der Waals surface area contributed by atoms with Gasteiger partial charge in [0.15, 0.2) is 6.61 Å². The van der Waals surface area contributed by atoms with Gasteiger partial charge in [0.1, 0.15) is 12.7 Å². The molecular weight excluding hydrogens is 365 g/mol. The van der Waals surface area contributed by atoms with Crippen LogP contribution in [0, 0.1) is 0 Å². The molecule has 0 aliphatic heterocycles. The highest BCUT2D eigenvalue weighted by Gasteiger charge is 2.31. The van der Waals surface area contributed by atoms with Gasteiger partial charge in [-0.15, -0.1) is 0 Å². The Balaban J connectivity index is 2.15. The molecule has 0 fully saturated rings. The van der Waals surface area contributed by atoms with Crippen molar-refractivity contribution in [2.45, 2.75) is 13.1 Å². The zero-order valence-corrected chi connectivity index (χ0v) is 14.1. The number of alkyl halides is 3. The van der Waals surface area contributed by atoms with Crippen LogP contribution in [0.2, 0.25) is 0 Å². The SMILES string of the molecule is C/C=C/C=C/C(=O)OCC(=O)Nc1cc(C(F)(F)F)ccc1-n1cncn1. The number of carbonyl (C=O) groups is 2. The van der Waals surface area contributed by atoms with E-state index in [-0.39, 0.29) is 11.4 Å². The summed E-state index contributed by atoms with van der Waals surface area (Å²) in [7, 11) is 0. The second kappa shape index (κ2) is 8.79. The molecule has 0 bridgehead atoms. The molecule has 1 aromatic heterocycles. The molecule has 0 aliphatic carbocycles. The number of allylic oxidation sites excluding steroid dienone is 3. The van der Waals surface area contributed by atoms with E-state index in [1.807, 2.05) is 0 Å². The molecule has 1 amide bonds. The number of anilines is 1. The second-order valence-electron chi connectivity index (χ2n) is 5.11. The normalized spacial score (nSPS) is 11.9. The van der Waals surface area contributed by atoms with Crippen molar-refractivity contribution in [1.29, 1.82) is 0 Å². The van der Waals surface area contributed by atoms with E-state index in [0.717, 1.165) is 24.3 Å². The molecule has 7 nitrogen and oxygen atoms in total. The summed E-state index contributed by atoms with van der Waals surface area (Å²) >= 11 is 0. The highest BCUT2D eigenvalue weighted by molar-refractivity contribution is 5.95. The van der Waals surface area contributed by atoms with Crippen LogP contribution in [0.1, 0.15) is 12.5 Å². The average molecular weight is 380 g/mol. The smallest absolute Gasteiger partial charge is 0.416 e. The lowest BCUT2D eigenvalue weighted by molar-refractivity contribution is -0.142. The van der Waals surface area contributed by atoms with Gasteiger partial charge in [0, 0.05) is 6.08 Å². The number of aromatic nitrogens is 3. The molecule has 0 saturated carbocycles. The number of carbonyl (C=O) groups excluding carboxylic acids is 2. The van der Waals surface area contributed by atoms with E-state index in [4.69, 9.17) is 4.74 Å². The zero-order valence-electron chi connectivity index (χ0n) is 14.1. The van der Waals surface area contributed by atoms with Crippen molar-refractivity contribution in [3.05, 3.63) is 60.7 Å². The summed E-state index contributed by atoms with van der Waals surface area (Å²) < 4.78 is 44.8. The van der Waals surface area contributed by atoms with Gasteiger partial charge >= 0.3 is 12.1 Å². The number of nitrogens with zero attached hydrogens (tertiary/aromatic N) is 3. The lowest BCUT2D eigenvalue weighted by Gasteiger charge is -2.14. The molecule has 0 atom stereocenters. The standard InChI is InChI=1S/C17H15F3N4O3/c1-2-3-4-5-16(26)27-9-15(25)23-13-8-12(17(18,19)20)6-7-14(13)24-11-21-10-22-24/h2-8,10-11H,9H2,1H3,(H,23,25)/b3-2+,5-4+. The number of hydrogen-bond acceptors (Lipinski definition) is 5. The molecule has 0 saturated heterocycles. The zero-order chi connectivity index (χ0) is 19.9. The maximum Gasteiger partial charge on any atom is 0.416 e. The van der Waals surface area contributed by atoms with E-state index in [2.05, 4.69) is 15.4 Å². The molecule has 2 aromatic rings. The Kier molecular flexibility index (Phi) is 6.47. The Morgan fingerprint density at radius 1 is 1.30 bits per heavy atom. The van der Waals surface area contributed by atoms with Crippen molar-refractivity contribution in [3.8, 4) is 5.69 Å². The number of ether oxygens (including phenoxy) is 1. The topological polar surface area (TPSA) is 86.1 Å². The van der Waals surface area contributed by atoms with E-state index < -0.39 is 30.2 Å². The fourth-order valence-electron chi connectivity index (χ4n) is 1.96. The Bertz CT molecular complexity index is 859. The number of halogens is 3. The molecule has 2 rings (SSSR count). The summed E-state index contributed by atoms with van der Waals surface area (Å²) in [4.78, 5) is 27.1. The lowest BCUT2D eigenvalue weighted by Crippen LogP contribution is -2.21. The van der Waals surface area contributed by atoms with Gasteiger partial charge in [0.2, 0.25) is 0 Å². The average Bonchev–Trinajstić information content (AvgIpc) is 3.14. The monoisotopic (exact) mass is 380 g/mol. The molecule has 0 aliphatic rings. The van der Waals surface area contributed by atoms with Crippen molar-refractivity contribution < 1.29 is 27.5 Å². The summed E-state index contributed by atoms with van der Waals surface area (Å²) in [6, 6.07) is 2.78. The van der Waals surface area contributed by atoms with Crippen LogP contribution in [0.3, 0.4) is 0 Å². The number of amides is 1. The molecule has 27 heavy (non-hydrogen) atoms. The van der Waals surface area contributed by atoms with Gasteiger partial charge in [-0.3, -0.25) is 4.79 Å². The molecule has 1 aromatic carbocycles. The predicted molar refractivity (Wildman–Crippen MR) is 89.9 cm³/mol. The summed E-state index contributed by atoms with van der Waals surface area (Å²) in [5.41, 5.74) is -0.929. The van der Waals surface area contributed by atoms with Gasteiger partial charge < -0.3 is 10.1 Å². The summed E-state index contributed by atoms with van der Waals surface area (Å²) in [6.45, 7) is 1.09. The van der Waals surface area contributed by atoms with Crippen molar-refractivity contribution >= 4 is 17.6 Å². The van der Waals surface area contributed by atoms with Crippen LogP contribution in [0.4, 0.5) is 18.9 Å². The quantitative estimate of drug-likeness (QED) is 0.473. The fraction of sp³-hybridized carbons (Fsp3) is 0.176. The predicted octanol–water partition coefficient (Wildman–Crippen LogP) is 2.90. The minimum absolute atomic E-state index is 0.152. The molecule has 1 heterocycles. The van der Waals surface area contributed by atoms with Gasteiger partial charge in [-0.2, -0.15) is 18.3 Å². The van der Waals surface area contributed by atoms with E-state index in [9.17, 15) is 22.8 Å². The van der Waals surface area contributed by atoms with Gasteiger partial charge in [-0.1, -0.05) is 18.2 Å². The highest BCUT2D eigenvalue weighted by Crippen LogP contribution is 2.33. The van der Waals surface area contributed by atoms with Crippen LogP contribution in [0.15, 0.2) is 55.2 Å². The van der Waals surface area contributed by atoms with Crippen molar-refractivity contribution in [2.24, 2.45) is 0 Å². The number of rotatable bonds is 6. The summed E-state index contributed by atoms with van der Waals surface area (Å²) in [5.74, 6) is -1.56. The third-order valence-electron chi connectivity index (χ3n) is 3.14. The Morgan fingerprint density at radius 3 is 2.70 bits per heavy atom. The van der Waals surface area contributed by atoms with E-state index in [1.165, 1.54) is 23.4 Å². The Morgan fingerprint density at radius 2 is 2.07 bits per heavy atom. The molecule has 0 spiro atoms. The maximum atomic E-state index is 13.0. The van der Waals surface area contributed by atoms with Gasteiger partial charge in [-0.25, -0.2) is 14.5 Å². The van der Waals surface area contributed by atoms with Crippen LogP contribution in [-0.4, -0.2) is 33.2 Å². The molecule has 10 heteroatoms. The molecule has 0 radical (unpaired) electrons. The first-order valence-corrected chi connectivity index (χ1v) is 7.63. The van der Waals surface area contributed by atoms with Crippen LogP contribution in [-0.2, 0) is 20.5 Å². The lowest BCUT2D eigenvalue weighted by atomic mass is 10.1. The van der Waals surface area contributed by atoms with Crippen molar-refractivity contribution in [2.75, 3.05) is 11.9 Å². The first-order chi connectivity index (χ1) is 12.8. The minimum atomic E-state index is -4.59. The van der Waals surface area contributed by atoms with E-state index >= 15 is 0 Å². The maximum absolute atomic E-state index is 13.0. The van der Waals surface area contributed by atoms with Crippen LogP contribution in [0.5, 0.6) is 0 Å². The molecular formula is C17H15F3N4O3. The van der Waals surface area contributed by atoms with E-state index in [0.29, 0.717) is 0 Å². The van der Waals surface area contributed by atoms with Crippen molar-refractivity contribution in [3.63, 3.8) is 0 Å². The number of esters is 1. The Labute approximate surface area is 152 Å². The number of nitrogens with one attached hydrogen (secondary N) is 1. The van der Waals surface area contributed by atoms with Gasteiger partial charge in [-0.05, 0) is 25.1 Å². The van der Waals surface area contributed by atoms with Gasteiger partial charge in [0.05, 0.1) is 16.9 Å². The fourth-order valence-corrected chi connectivity index (χ4v) is 1.96. The number of hydrogen-bond donors (Lipinski definition) is 1. The number of benzene rings is 1. The van der Waals surface area contributed by atoms with Crippen LogP contribution >= 0.6 is 0 Å². The summed E-state index contributed by atoms with van der Waals surface area (Å²) in [6.07, 6.45) is 3.69. The molecule has 142 valence electrons. The third-order valence-corrected chi connectivity index (χ3v) is 3.14.